The Morgan fingerprint density at radius 3 is 2.76 bits per heavy atom. The minimum atomic E-state index is -0.00218. The molecule has 4 heteroatoms. The predicted molar refractivity (Wildman–Crippen MR) is 70.3 cm³/mol. The fourth-order valence-electron chi connectivity index (χ4n) is 1.91. The van der Waals surface area contributed by atoms with Crippen molar-refractivity contribution in [1.82, 2.24) is 0 Å². The zero-order valence-electron chi connectivity index (χ0n) is 9.95. The van der Waals surface area contributed by atoms with Gasteiger partial charge in [0.2, 0.25) is 0 Å². The molecule has 0 spiro atoms. The van der Waals surface area contributed by atoms with Crippen LogP contribution in [0.1, 0.15) is 18.9 Å². The number of rotatable bonds is 4. The molecular formula is C13H16Cl2O2. The van der Waals surface area contributed by atoms with E-state index in [1.807, 2.05) is 32.0 Å². The molecule has 0 bridgehead atoms. The standard InChI is InChI=1S/C13H16Cl2O2/c1-3-16-13-11(15)7-12(13)17-9-4-5-10(14)8(2)6-9/h4-6,11-13H,3,7H2,1-2H3. The summed E-state index contributed by atoms with van der Waals surface area (Å²) in [6.07, 6.45) is 0.879. The molecule has 1 aliphatic carbocycles. The highest BCUT2D eigenvalue weighted by atomic mass is 35.5. The molecule has 2 nitrogen and oxygen atoms in total. The average Bonchev–Trinajstić information content (AvgIpc) is 2.30. The first-order chi connectivity index (χ1) is 8.11. The van der Waals surface area contributed by atoms with Gasteiger partial charge in [-0.3, -0.25) is 0 Å². The van der Waals surface area contributed by atoms with Gasteiger partial charge in [-0.2, -0.15) is 0 Å². The average molecular weight is 275 g/mol. The summed E-state index contributed by atoms with van der Waals surface area (Å²) in [6, 6.07) is 5.66. The van der Waals surface area contributed by atoms with Crippen molar-refractivity contribution in [2.75, 3.05) is 6.61 Å². The summed E-state index contributed by atoms with van der Waals surface area (Å²) in [5.41, 5.74) is 1.01. The maximum atomic E-state index is 6.09. The molecule has 0 heterocycles. The van der Waals surface area contributed by atoms with E-state index in [0.29, 0.717) is 6.61 Å². The Morgan fingerprint density at radius 1 is 1.41 bits per heavy atom. The normalized spacial score (nSPS) is 27.6. The maximum Gasteiger partial charge on any atom is 0.128 e. The van der Waals surface area contributed by atoms with E-state index in [9.17, 15) is 0 Å². The molecule has 3 unspecified atom stereocenters. The van der Waals surface area contributed by atoms with Crippen molar-refractivity contribution >= 4 is 23.2 Å². The summed E-state index contributed by atoms with van der Waals surface area (Å²) in [4.78, 5) is 0. The summed E-state index contributed by atoms with van der Waals surface area (Å²) in [5.74, 6) is 0.824. The van der Waals surface area contributed by atoms with Crippen LogP contribution in [0.25, 0.3) is 0 Å². The second kappa shape index (κ2) is 5.47. The van der Waals surface area contributed by atoms with E-state index in [-0.39, 0.29) is 17.6 Å². The minimum absolute atomic E-state index is 0.00218. The zero-order chi connectivity index (χ0) is 12.4. The lowest BCUT2D eigenvalue weighted by Gasteiger charge is -2.40. The summed E-state index contributed by atoms with van der Waals surface area (Å²) >= 11 is 12.1. The van der Waals surface area contributed by atoms with Gasteiger partial charge in [0.05, 0.1) is 5.38 Å². The van der Waals surface area contributed by atoms with Gasteiger partial charge < -0.3 is 9.47 Å². The van der Waals surface area contributed by atoms with Crippen LogP contribution in [-0.4, -0.2) is 24.2 Å². The third kappa shape index (κ3) is 2.87. The van der Waals surface area contributed by atoms with Gasteiger partial charge in [0, 0.05) is 18.1 Å². The third-order valence-corrected chi connectivity index (χ3v) is 3.81. The van der Waals surface area contributed by atoms with Gasteiger partial charge >= 0.3 is 0 Å². The largest absolute Gasteiger partial charge is 0.488 e. The molecule has 94 valence electrons. The van der Waals surface area contributed by atoms with Gasteiger partial charge in [0.25, 0.3) is 0 Å². The Kier molecular flexibility index (Phi) is 4.18. The highest BCUT2D eigenvalue weighted by Gasteiger charge is 2.42. The first-order valence-electron chi connectivity index (χ1n) is 5.80. The summed E-state index contributed by atoms with van der Waals surface area (Å²) < 4.78 is 11.4. The van der Waals surface area contributed by atoms with Gasteiger partial charge in [-0.05, 0) is 37.6 Å². The lowest BCUT2D eigenvalue weighted by Crippen LogP contribution is -2.52. The summed E-state index contributed by atoms with van der Waals surface area (Å²) in [6.45, 7) is 4.58. The molecule has 2 rings (SSSR count). The highest BCUT2D eigenvalue weighted by molar-refractivity contribution is 6.31. The van der Waals surface area contributed by atoms with Crippen LogP contribution in [-0.2, 0) is 4.74 Å². The van der Waals surface area contributed by atoms with E-state index < -0.39 is 0 Å². The van der Waals surface area contributed by atoms with Gasteiger partial charge in [0.15, 0.2) is 0 Å². The minimum Gasteiger partial charge on any atom is -0.488 e. The fraction of sp³-hybridized carbons (Fsp3) is 0.538. The molecule has 0 amide bonds. The molecular weight excluding hydrogens is 259 g/mol. The van der Waals surface area contributed by atoms with Crippen LogP contribution in [0, 0.1) is 6.92 Å². The highest BCUT2D eigenvalue weighted by Crippen LogP contribution is 2.33. The van der Waals surface area contributed by atoms with Crippen molar-refractivity contribution < 1.29 is 9.47 Å². The molecule has 1 saturated carbocycles. The first-order valence-corrected chi connectivity index (χ1v) is 6.61. The Hall–Kier alpha value is -0.440. The molecule has 0 radical (unpaired) electrons. The van der Waals surface area contributed by atoms with Crippen LogP contribution in [0.3, 0.4) is 0 Å². The molecule has 1 aromatic carbocycles. The van der Waals surface area contributed by atoms with Crippen molar-refractivity contribution in [2.24, 2.45) is 0 Å². The quantitative estimate of drug-likeness (QED) is 0.778. The second-order valence-corrected chi connectivity index (χ2v) is 5.21. The van der Waals surface area contributed by atoms with Crippen molar-refractivity contribution in [3.63, 3.8) is 0 Å². The van der Waals surface area contributed by atoms with Crippen molar-refractivity contribution in [3.05, 3.63) is 28.8 Å². The Bertz CT molecular complexity index is 395. The smallest absolute Gasteiger partial charge is 0.128 e. The van der Waals surface area contributed by atoms with Crippen LogP contribution in [0.2, 0.25) is 5.02 Å². The SMILES string of the molecule is CCOC1C(Cl)CC1Oc1ccc(Cl)c(C)c1. The molecule has 1 fully saturated rings. The van der Waals surface area contributed by atoms with E-state index in [1.54, 1.807) is 0 Å². The lowest BCUT2D eigenvalue weighted by molar-refractivity contribution is -0.0759. The number of ether oxygens (including phenoxy) is 2. The van der Waals surface area contributed by atoms with Gasteiger partial charge in [-0.15, -0.1) is 11.6 Å². The molecule has 1 aromatic rings. The van der Waals surface area contributed by atoms with Crippen molar-refractivity contribution in [2.45, 2.75) is 37.9 Å². The number of aryl methyl sites for hydroxylation is 1. The number of hydrogen-bond donors (Lipinski definition) is 0. The first kappa shape index (κ1) is 13.0. The molecule has 0 aliphatic heterocycles. The van der Waals surface area contributed by atoms with Gasteiger partial charge in [0.1, 0.15) is 18.0 Å². The number of halogens is 2. The molecule has 3 atom stereocenters. The second-order valence-electron chi connectivity index (χ2n) is 4.24. The topological polar surface area (TPSA) is 18.5 Å². The molecule has 0 aromatic heterocycles. The Balaban J connectivity index is 1.99. The van der Waals surface area contributed by atoms with E-state index in [1.165, 1.54) is 0 Å². The van der Waals surface area contributed by atoms with Gasteiger partial charge in [-0.1, -0.05) is 11.6 Å². The van der Waals surface area contributed by atoms with E-state index in [2.05, 4.69) is 0 Å². The molecule has 1 aliphatic rings. The Morgan fingerprint density at radius 2 is 2.18 bits per heavy atom. The van der Waals surface area contributed by atoms with Crippen molar-refractivity contribution in [3.8, 4) is 5.75 Å². The molecule has 17 heavy (non-hydrogen) atoms. The monoisotopic (exact) mass is 274 g/mol. The molecule has 0 saturated heterocycles. The predicted octanol–water partition coefficient (Wildman–Crippen LogP) is 3.81. The van der Waals surface area contributed by atoms with Crippen LogP contribution < -0.4 is 4.74 Å². The van der Waals surface area contributed by atoms with Crippen LogP contribution in [0.15, 0.2) is 18.2 Å². The van der Waals surface area contributed by atoms with Crippen molar-refractivity contribution in [1.29, 1.82) is 0 Å². The Labute approximate surface area is 112 Å². The van der Waals surface area contributed by atoms with E-state index >= 15 is 0 Å². The number of hydrogen-bond acceptors (Lipinski definition) is 2. The van der Waals surface area contributed by atoms with Crippen LogP contribution >= 0.6 is 23.2 Å². The van der Waals surface area contributed by atoms with E-state index in [0.717, 1.165) is 22.8 Å². The van der Waals surface area contributed by atoms with Crippen LogP contribution in [0.4, 0.5) is 0 Å². The third-order valence-electron chi connectivity index (χ3n) is 2.96. The number of alkyl halides is 1. The van der Waals surface area contributed by atoms with Crippen LogP contribution in [0.5, 0.6) is 5.75 Å². The zero-order valence-corrected chi connectivity index (χ0v) is 11.5. The van der Waals surface area contributed by atoms with Gasteiger partial charge in [-0.25, -0.2) is 0 Å². The fourth-order valence-corrected chi connectivity index (χ4v) is 2.44. The summed E-state index contributed by atoms with van der Waals surface area (Å²) in [5, 5.41) is 0.816. The maximum absolute atomic E-state index is 6.09. The number of benzene rings is 1. The lowest BCUT2D eigenvalue weighted by atomic mass is 9.91. The molecule has 0 N–H and O–H groups in total. The summed E-state index contributed by atoms with van der Waals surface area (Å²) in [7, 11) is 0. The van der Waals surface area contributed by atoms with E-state index in [4.69, 9.17) is 32.7 Å².